The molecule has 1 fully saturated rings. The maximum Gasteiger partial charge on any atom is 0.237 e. The summed E-state index contributed by atoms with van der Waals surface area (Å²) < 4.78 is 0. The fraction of sp³-hybridized carbons (Fsp3) is 0.611. The first kappa shape index (κ1) is 17.0. The molecule has 0 spiro atoms. The number of carbonyl (C=O) groups excluding carboxylic acids is 1. The van der Waals surface area contributed by atoms with Crippen molar-refractivity contribution in [3.05, 3.63) is 35.4 Å². The van der Waals surface area contributed by atoms with Crippen molar-refractivity contribution in [3.63, 3.8) is 0 Å². The minimum absolute atomic E-state index is 0.0714. The minimum atomic E-state index is -0.404. The van der Waals surface area contributed by atoms with Gasteiger partial charge in [0.2, 0.25) is 5.91 Å². The van der Waals surface area contributed by atoms with E-state index in [1.54, 1.807) is 0 Å². The predicted octanol–water partition coefficient (Wildman–Crippen LogP) is 2.27. The van der Waals surface area contributed by atoms with Gasteiger partial charge in [-0.15, -0.1) is 0 Å². The first-order chi connectivity index (χ1) is 10.6. The second-order valence-electron chi connectivity index (χ2n) is 6.51. The molecule has 0 aromatic heterocycles. The lowest BCUT2D eigenvalue weighted by atomic mass is 9.98. The van der Waals surface area contributed by atoms with Gasteiger partial charge in [-0.1, -0.05) is 38.1 Å². The standard InChI is InChI=1S/C18H29N3O/c1-3-17(19)18(22)20-12-15-5-4-6-16(11-15)13-21-9-7-14(2)8-10-21/h4-6,11,14,17H,3,7-10,12-13,19H2,1-2H3,(H,20,22)/t17-/m0/s1. The van der Waals surface area contributed by atoms with E-state index < -0.39 is 6.04 Å². The number of piperidine rings is 1. The number of nitrogens with one attached hydrogen (secondary N) is 1. The summed E-state index contributed by atoms with van der Waals surface area (Å²) in [5.74, 6) is 0.790. The maximum absolute atomic E-state index is 11.7. The van der Waals surface area contributed by atoms with Crippen LogP contribution >= 0.6 is 0 Å². The highest BCUT2D eigenvalue weighted by Gasteiger charge is 2.15. The molecule has 4 nitrogen and oxygen atoms in total. The summed E-state index contributed by atoms with van der Waals surface area (Å²) in [5.41, 5.74) is 8.19. The molecule has 1 aliphatic heterocycles. The van der Waals surface area contributed by atoms with E-state index >= 15 is 0 Å². The van der Waals surface area contributed by atoms with E-state index in [0.29, 0.717) is 13.0 Å². The normalized spacial score (nSPS) is 18.1. The highest BCUT2D eigenvalue weighted by Crippen LogP contribution is 2.18. The Labute approximate surface area is 134 Å². The number of nitrogens with zero attached hydrogens (tertiary/aromatic N) is 1. The van der Waals surface area contributed by atoms with Crippen LogP contribution in [0.3, 0.4) is 0 Å². The number of carbonyl (C=O) groups is 1. The molecule has 1 heterocycles. The molecule has 0 bridgehead atoms. The molecule has 1 aromatic carbocycles. The molecule has 0 aliphatic carbocycles. The van der Waals surface area contributed by atoms with Crippen LogP contribution < -0.4 is 11.1 Å². The van der Waals surface area contributed by atoms with Crippen LogP contribution in [0.25, 0.3) is 0 Å². The van der Waals surface area contributed by atoms with Crippen LogP contribution in [0.4, 0.5) is 0 Å². The number of amides is 1. The van der Waals surface area contributed by atoms with Crippen LogP contribution in [0.2, 0.25) is 0 Å². The van der Waals surface area contributed by atoms with Gasteiger partial charge in [0.05, 0.1) is 6.04 Å². The van der Waals surface area contributed by atoms with E-state index in [1.165, 1.54) is 31.5 Å². The molecule has 1 aliphatic rings. The number of hydrogen-bond acceptors (Lipinski definition) is 3. The monoisotopic (exact) mass is 303 g/mol. The smallest absolute Gasteiger partial charge is 0.237 e. The molecule has 3 N–H and O–H groups in total. The Bertz CT molecular complexity index is 481. The zero-order valence-corrected chi connectivity index (χ0v) is 13.8. The Hall–Kier alpha value is -1.39. The van der Waals surface area contributed by atoms with Crippen LogP contribution in [0.1, 0.15) is 44.2 Å². The van der Waals surface area contributed by atoms with Crippen LogP contribution in [-0.4, -0.2) is 29.9 Å². The van der Waals surface area contributed by atoms with E-state index in [0.717, 1.165) is 18.0 Å². The van der Waals surface area contributed by atoms with Gasteiger partial charge < -0.3 is 11.1 Å². The zero-order chi connectivity index (χ0) is 15.9. The third kappa shape index (κ3) is 5.11. The lowest BCUT2D eigenvalue weighted by Crippen LogP contribution is -2.39. The summed E-state index contributed by atoms with van der Waals surface area (Å²) in [4.78, 5) is 14.3. The van der Waals surface area contributed by atoms with Crippen LogP contribution in [0.15, 0.2) is 24.3 Å². The number of likely N-dealkylation sites (tertiary alicyclic amines) is 1. The zero-order valence-electron chi connectivity index (χ0n) is 13.8. The van der Waals surface area contributed by atoms with Crippen LogP contribution in [0, 0.1) is 5.92 Å². The second-order valence-corrected chi connectivity index (χ2v) is 6.51. The quantitative estimate of drug-likeness (QED) is 0.847. The molecule has 0 radical (unpaired) electrons. The van der Waals surface area contributed by atoms with Gasteiger partial charge in [-0.2, -0.15) is 0 Å². The maximum atomic E-state index is 11.7. The molecule has 1 aromatic rings. The Morgan fingerprint density at radius 3 is 2.73 bits per heavy atom. The SMILES string of the molecule is CC[C@H](N)C(=O)NCc1cccc(CN2CCC(C)CC2)c1. The second kappa shape index (κ2) is 8.30. The topological polar surface area (TPSA) is 58.4 Å². The van der Waals surface area contributed by atoms with Crippen molar-refractivity contribution < 1.29 is 4.79 Å². The molecule has 2 rings (SSSR count). The third-order valence-electron chi connectivity index (χ3n) is 4.52. The lowest BCUT2D eigenvalue weighted by Gasteiger charge is -2.30. The predicted molar refractivity (Wildman–Crippen MR) is 90.2 cm³/mol. The molecular weight excluding hydrogens is 274 g/mol. The molecular formula is C18H29N3O. The van der Waals surface area contributed by atoms with Gasteiger partial charge in [-0.05, 0) is 49.4 Å². The average molecular weight is 303 g/mol. The van der Waals surface area contributed by atoms with Gasteiger partial charge in [-0.3, -0.25) is 9.69 Å². The first-order valence-electron chi connectivity index (χ1n) is 8.42. The number of nitrogens with two attached hydrogens (primary N) is 1. The first-order valence-corrected chi connectivity index (χ1v) is 8.42. The van der Waals surface area contributed by atoms with Crippen LogP contribution in [0.5, 0.6) is 0 Å². The molecule has 1 amide bonds. The molecule has 0 saturated carbocycles. The Balaban J connectivity index is 1.85. The summed E-state index contributed by atoms with van der Waals surface area (Å²) >= 11 is 0. The van der Waals surface area contributed by atoms with Gasteiger partial charge in [-0.25, -0.2) is 0 Å². The van der Waals surface area contributed by atoms with E-state index in [9.17, 15) is 4.79 Å². The Kier molecular flexibility index (Phi) is 6.40. The average Bonchev–Trinajstić information content (AvgIpc) is 2.54. The van der Waals surface area contributed by atoms with Gasteiger partial charge in [0.15, 0.2) is 0 Å². The lowest BCUT2D eigenvalue weighted by molar-refractivity contribution is -0.122. The number of hydrogen-bond donors (Lipinski definition) is 2. The molecule has 0 unspecified atom stereocenters. The van der Waals surface area contributed by atoms with E-state index in [2.05, 4.69) is 41.4 Å². The van der Waals surface area contributed by atoms with Crippen molar-refractivity contribution in [3.8, 4) is 0 Å². The summed E-state index contributed by atoms with van der Waals surface area (Å²) in [6, 6.07) is 8.08. The van der Waals surface area contributed by atoms with Crippen molar-refractivity contribution in [2.75, 3.05) is 13.1 Å². The van der Waals surface area contributed by atoms with E-state index in [-0.39, 0.29) is 5.91 Å². The van der Waals surface area contributed by atoms with Crippen molar-refractivity contribution in [1.29, 1.82) is 0 Å². The number of rotatable bonds is 6. The summed E-state index contributed by atoms with van der Waals surface area (Å²) in [5, 5.41) is 2.91. The van der Waals surface area contributed by atoms with Gasteiger partial charge >= 0.3 is 0 Å². The minimum Gasteiger partial charge on any atom is -0.351 e. The van der Waals surface area contributed by atoms with Gasteiger partial charge in [0.25, 0.3) is 0 Å². The van der Waals surface area contributed by atoms with Crippen molar-refractivity contribution in [1.82, 2.24) is 10.2 Å². The van der Waals surface area contributed by atoms with Crippen molar-refractivity contribution in [2.45, 2.75) is 52.2 Å². The Morgan fingerprint density at radius 1 is 1.36 bits per heavy atom. The Morgan fingerprint density at radius 2 is 2.05 bits per heavy atom. The van der Waals surface area contributed by atoms with Gasteiger partial charge in [0.1, 0.15) is 0 Å². The summed E-state index contributed by atoms with van der Waals surface area (Å²) in [7, 11) is 0. The molecule has 1 saturated heterocycles. The number of benzene rings is 1. The highest BCUT2D eigenvalue weighted by atomic mass is 16.2. The highest BCUT2D eigenvalue weighted by molar-refractivity contribution is 5.81. The van der Waals surface area contributed by atoms with Gasteiger partial charge in [0, 0.05) is 13.1 Å². The summed E-state index contributed by atoms with van der Waals surface area (Å²) in [6.07, 6.45) is 3.26. The third-order valence-corrected chi connectivity index (χ3v) is 4.52. The van der Waals surface area contributed by atoms with Crippen molar-refractivity contribution >= 4 is 5.91 Å². The summed E-state index contributed by atoms with van der Waals surface area (Å²) in [6.45, 7) is 8.19. The molecule has 4 heteroatoms. The van der Waals surface area contributed by atoms with E-state index in [1.807, 2.05) is 6.92 Å². The largest absolute Gasteiger partial charge is 0.351 e. The van der Waals surface area contributed by atoms with Crippen LogP contribution in [-0.2, 0) is 17.9 Å². The molecule has 22 heavy (non-hydrogen) atoms. The van der Waals surface area contributed by atoms with E-state index in [4.69, 9.17) is 5.73 Å². The molecule has 122 valence electrons. The van der Waals surface area contributed by atoms with Crippen molar-refractivity contribution in [2.24, 2.45) is 11.7 Å². The fourth-order valence-corrected chi connectivity index (χ4v) is 2.82. The molecule has 1 atom stereocenters. The fourth-order valence-electron chi connectivity index (χ4n) is 2.82.